The van der Waals surface area contributed by atoms with Gasteiger partial charge < -0.3 is 19.4 Å². The maximum atomic E-state index is 9.94. The van der Waals surface area contributed by atoms with E-state index < -0.39 is 11.9 Å². The summed E-state index contributed by atoms with van der Waals surface area (Å²) in [5.74, 6) is -0.449. The van der Waals surface area contributed by atoms with Crippen molar-refractivity contribution in [1.29, 1.82) is 0 Å². The van der Waals surface area contributed by atoms with Crippen LogP contribution in [0.2, 0.25) is 0 Å². The molecule has 3 rings (SSSR count). The van der Waals surface area contributed by atoms with Gasteiger partial charge in [-0.05, 0) is 20.3 Å². The van der Waals surface area contributed by atoms with Crippen LogP contribution in [0.4, 0.5) is 0 Å². The van der Waals surface area contributed by atoms with Crippen molar-refractivity contribution in [3.63, 3.8) is 0 Å². The van der Waals surface area contributed by atoms with Crippen molar-refractivity contribution >= 4 is 5.71 Å². The number of oxime groups is 1. The summed E-state index contributed by atoms with van der Waals surface area (Å²) < 4.78 is 11.4. The molecule has 0 aromatic heterocycles. The van der Waals surface area contributed by atoms with Crippen molar-refractivity contribution in [1.82, 2.24) is 0 Å². The molecule has 0 radical (unpaired) electrons. The summed E-state index contributed by atoms with van der Waals surface area (Å²) >= 11 is 0. The smallest absolute Gasteiger partial charge is 0.164 e. The fourth-order valence-corrected chi connectivity index (χ4v) is 2.56. The minimum atomic E-state index is -0.643. The summed E-state index contributed by atoms with van der Waals surface area (Å²) in [6, 6.07) is 0. The molecular weight excluding hydrogens is 198 g/mol. The molecule has 84 valence electrons. The summed E-state index contributed by atoms with van der Waals surface area (Å²) in [5.41, 5.74) is 0.899. The van der Waals surface area contributed by atoms with E-state index in [1.165, 1.54) is 0 Å². The molecule has 2 aliphatic heterocycles. The molecule has 0 aromatic carbocycles. The molecule has 3 aliphatic rings. The zero-order valence-corrected chi connectivity index (χ0v) is 8.84. The van der Waals surface area contributed by atoms with E-state index in [2.05, 4.69) is 5.16 Å². The predicted molar refractivity (Wildman–Crippen MR) is 51.3 cm³/mol. The van der Waals surface area contributed by atoms with Crippen LogP contribution in [-0.2, 0) is 14.3 Å². The molecule has 1 N–H and O–H groups in total. The molecule has 5 nitrogen and oxygen atoms in total. The van der Waals surface area contributed by atoms with Gasteiger partial charge >= 0.3 is 0 Å². The minimum Gasteiger partial charge on any atom is -0.395 e. The van der Waals surface area contributed by atoms with Crippen LogP contribution in [0, 0.1) is 5.92 Å². The van der Waals surface area contributed by atoms with E-state index in [-0.39, 0.29) is 18.1 Å². The number of hydrogen-bond donors (Lipinski definition) is 1. The summed E-state index contributed by atoms with van der Waals surface area (Å²) in [6.07, 6.45) is -0.366. The molecule has 1 saturated heterocycles. The average molecular weight is 213 g/mol. The molecule has 0 spiro atoms. The SMILES string of the molecule is CC1(C)O[C@@H]2[C@H](O)C[C@H]3CON=C3[C@@H]2O1. The molecule has 0 bridgehead atoms. The molecule has 0 unspecified atom stereocenters. The van der Waals surface area contributed by atoms with E-state index in [1.807, 2.05) is 13.8 Å². The highest BCUT2D eigenvalue weighted by Gasteiger charge is 2.53. The molecular formula is C10H15NO4. The van der Waals surface area contributed by atoms with Gasteiger partial charge in [0.15, 0.2) is 5.79 Å². The van der Waals surface area contributed by atoms with Gasteiger partial charge in [-0.15, -0.1) is 0 Å². The Morgan fingerprint density at radius 2 is 2.20 bits per heavy atom. The molecule has 0 aromatic rings. The molecule has 1 aliphatic carbocycles. The monoisotopic (exact) mass is 213 g/mol. The van der Waals surface area contributed by atoms with Gasteiger partial charge in [0.25, 0.3) is 0 Å². The zero-order chi connectivity index (χ0) is 10.6. The normalized spacial score (nSPS) is 46.7. The van der Waals surface area contributed by atoms with Crippen LogP contribution in [0.15, 0.2) is 5.16 Å². The number of ether oxygens (including phenoxy) is 2. The largest absolute Gasteiger partial charge is 0.395 e. The van der Waals surface area contributed by atoms with Gasteiger partial charge in [0, 0.05) is 5.92 Å². The van der Waals surface area contributed by atoms with Crippen molar-refractivity contribution < 1.29 is 19.4 Å². The topological polar surface area (TPSA) is 60.3 Å². The predicted octanol–water partition coefficient (Wildman–Crippen LogP) is 0.273. The molecule has 4 atom stereocenters. The van der Waals surface area contributed by atoms with Crippen LogP contribution in [-0.4, -0.2) is 41.5 Å². The van der Waals surface area contributed by atoms with Crippen molar-refractivity contribution in [2.24, 2.45) is 11.1 Å². The van der Waals surface area contributed by atoms with E-state index in [0.717, 1.165) is 5.71 Å². The maximum Gasteiger partial charge on any atom is 0.164 e. The lowest BCUT2D eigenvalue weighted by Crippen LogP contribution is -2.48. The van der Waals surface area contributed by atoms with Crippen molar-refractivity contribution in [2.45, 2.75) is 44.4 Å². The van der Waals surface area contributed by atoms with Gasteiger partial charge in [-0.25, -0.2) is 0 Å². The third-order valence-electron chi connectivity index (χ3n) is 3.19. The number of rotatable bonds is 0. The third kappa shape index (κ3) is 1.38. The van der Waals surface area contributed by atoms with Gasteiger partial charge in [0.2, 0.25) is 0 Å². The number of fused-ring (bicyclic) bond motifs is 3. The highest BCUT2D eigenvalue weighted by atomic mass is 16.8. The molecule has 2 heterocycles. The zero-order valence-electron chi connectivity index (χ0n) is 8.84. The van der Waals surface area contributed by atoms with E-state index in [0.29, 0.717) is 13.0 Å². The molecule has 2 fully saturated rings. The van der Waals surface area contributed by atoms with Crippen LogP contribution >= 0.6 is 0 Å². The Balaban J connectivity index is 1.91. The number of nitrogens with zero attached hydrogens (tertiary/aromatic N) is 1. The number of hydrogen-bond acceptors (Lipinski definition) is 5. The first-order chi connectivity index (χ1) is 7.07. The Bertz CT molecular complexity index is 315. The van der Waals surface area contributed by atoms with E-state index in [4.69, 9.17) is 14.3 Å². The molecule has 1 saturated carbocycles. The number of aliphatic hydroxyl groups is 1. The van der Waals surface area contributed by atoms with Crippen LogP contribution in [0.25, 0.3) is 0 Å². The van der Waals surface area contributed by atoms with Crippen LogP contribution in [0.5, 0.6) is 0 Å². The quantitative estimate of drug-likeness (QED) is 0.627. The second-order valence-corrected chi connectivity index (χ2v) is 4.83. The Hall–Kier alpha value is -0.650. The first-order valence-corrected chi connectivity index (χ1v) is 5.30. The lowest BCUT2D eigenvalue weighted by Gasteiger charge is -2.30. The fourth-order valence-electron chi connectivity index (χ4n) is 2.56. The van der Waals surface area contributed by atoms with Crippen LogP contribution < -0.4 is 0 Å². The first kappa shape index (κ1) is 9.57. The lowest BCUT2D eigenvalue weighted by molar-refractivity contribution is -0.152. The van der Waals surface area contributed by atoms with Gasteiger partial charge in [-0.2, -0.15) is 0 Å². The van der Waals surface area contributed by atoms with Gasteiger partial charge in [-0.3, -0.25) is 0 Å². The van der Waals surface area contributed by atoms with Gasteiger partial charge in [0.05, 0.1) is 11.8 Å². The fraction of sp³-hybridized carbons (Fsp3) is 0.900. The van der Waals surface area contributed by atoms with Crippen molar-refractivity contribution in [3.05, 3.63) is 0 Å². The Labute approximate surface area is 88.0 Å². The second kappa shape index (κ2) is 2.93. The van der Waals surface area contributed by atoms with Gasteiger partial charge in [-0.1, -0.05) is 5.16 Å². The van der Waals surface area contributed by atoms with E-state index in [9.17, 15) is 5.11 Å². The minimum absolute atomic E-state index is 0.193. The van der Waals surface area contributed by atoms with Crippen LogP contribution in [0.1, 0.15) is 20.3 Å². The molecule has 0 amide bonds. The Kier molecular flexibility index (Phi) is 1.87. The van der Waals surface area contributed by atoms with Crippen molar-refractivity contribution in [3.8, 4) is 0 Å². The van der Waals surface area contributed by atoms with Crippen LogP contribution in [0.3, 0.4) is 0 Å². The molecule has 5 heteroatoms. The maximum absolute atomic E-state index is 9.94. The standard InChI is InChI=1S/C10H15NO4/c1-10(2)14-8-6(12)3-5-4-13-11-7(5)9(8)15-10/h5-6,8-9,12H,3-4H2,1-2H3/t5-,6+,8+,9-/m0/s1. The molecule has 15 heavy (non-hydrogen) atoms. The second-order valence-electron chi connectivity index (χ2n) is 4.83. The summed E-state index contributed by atoms with van der Waals surface area (Å²) in [5, 5.41) is 13.9. The van der Waals surface area contributed by atoms with Gasteiger partial charge in [0.1, 0.15) is 18.8 Å². The first-order valence-electron chi connectivity index (χ1n) is 5.30. The summed E-state index contributed by atoms with van der Waals surface area (Å²) in [7, 11) is 0. The Morgan fingerprint density at radius 1 is 1.40 bits per heavy atom. The average Bonchev–Trinajstić information content (AvgIpc) is 2.67. The summed E-state index contributed by atoms with van der Waals surface area (Å²) in [6.45, 7) is 4.26. The lowest BCUT2D eigenvalue weighted by atomic mass is 9.82. The number of aliphatic hydroxyl groups excluding tert-OH is 1. The summed E-state index contributed by atoms with van der Waals surface area (Å²) in [4.78, 5) is 5.06. The Morgan fingerprint density at radius 3 is 3.00 bits per heavy atom. The third-order valence-corrected chi connectivity index (χ3v) is 3.19. The highest BCUT2D eigenvalue weighted by molar-refractivity contribution is 5.93. The van der Waals surface area contributed by atoms with E-state index >= 15 is 0 Å². The van der Waals surface area contributed by atoms with E-state index in [1.54, 1.807) is 0 Å². The highest BCUT2D eigenvalue weighted by Crippen LogP contribution is 2.39. The van der Waals surface area contributed by atoms with Crippen molar-refractivity contribution in [2.75, 3.05) is 6.61 Å².